The molecule has 1 aliphatic carbocycles. The molecule has 0 bridgehead atoms. The monoisotopic (exact) mass is 251 g/mol. The molecule has 0 fully saturated rings. The minimum atomic E-state index is -2.72. The van der Waals surface area contributed by atoms with Gasteiger partial charge < -0.3 is 10.3 Å². The third-order valence-electron chi connectivity index (χ3n) is 3.15. The topological polar surface area (TPSA) is 64.9 Å². The van der Waals surface area contributed by atoms with Crippen molar-refractivity contribution in [3.63, 3.8) is 0 Å². The van der Waals surface area contributed by atoms with Crippen molar-refractivity contribution in [3.05, 3.63) is 35.2 Å². The van der Waals surface area contributed by atoms with E-state index >= 15 is 0 Å². The average Bonchev–Trinajstić information content (AvgIpc) is 2.96. The molecule has 0 amide bonds. The van der Waals surface area contributed by atoms with Crippen LogP contribution >= 0.6 is 0 Å². The molecule has 0 spiro atoms. The lowest BCUT2D eigenvalue weighted by Crippen LogP contribution is -2.04. The molecule has 0 radical (unpaired) electrons. The van der Waals surface area contributed by atoms with E-state index in [0.717, 1.165) is 24.0 Å². The molecule has 2 aromatic rings. The normalized spacial score (nSPS) is 18.3. The fraction of sp³-hybridized carbons (Fsp3) is 0.333. The highest BCUT2D eigenvalue weighted by molar-refractivity contribution is 5.57. The Bertz CT molecular complexity index is 582. The van der Waals surface area contributed by atoms with Crippen molar-refractivity contribution in [1.29, 1.82) is 0 Å². The van der Waals surface area contributed by atoms with E-state index in [1.54, 1.807) is 6.07 Å². The zero-order valence-electron chi connectivity index (χ0n) is 9.44. The van der Waals surface area contributed by atoms with Gasteiger partial charge in [-0.3, -0.25) is 0 Å². The van der Waals surface area contributed by atoms with Crippen LogP contribution in [0.5, 0.6) is 0 Å². The molecule has 1 aliphatic rings. The second-order valence-electron chi connectivity index (χ2n) is 4.32. The summed E-state index contributed by atoms with van der Waals surface area (Å²) >= 11 is 0. The van der Waals surface area contributed by atoms with Gasteiger partial charge in [-0.15, -0.1) is 0 Å². The summed E-state index contributed by atoms with van der Waals surface area (Å²) < 4.78 is 29.6. The number of aryl methyl sites for hydroxylation is 1. The van der Waals surface area contributed by atoms with Gasteiger partial charge in [0.25, 0.3) is 5.89 Å². The number of benzene rings is 1. The van der Waals surface area contributed by atoms with E-state index in [2.05, 4.69) is 10.1 Å². The predicted octanol–water partition coefficient (Wildman–Crippen LogP) is 2.62. The summed E-state index contributed by atoms with van der Waals surface area (Å²) in [5.41, 5.74) is 8.81. The SMILES string of the molecule is N[C@@H]1CCc2cc(-c3nc(C(F)F)no3)ccc21. The van der Waals surface area contributed by atoms with Gasteiger partial charge in [0.1, 0.15) is 0 Å². The van der Waals surface area contributed by atoms with E-state index in [0.29, 0.717) is 5.56 Å². The summed E-state index contributed by atoms with van der Waals surface area (Å²) in [4.78, 5) is 3.67. The molecular weight excluding hydrogens is 240 g/mol. The average molecular weight is 251 g/mol. The van der Waals surface area contributed by atoms with Crippen LogP contribution < -0.4 is 5.73 Å². The summed E-state index contributed by atoms with van der Waals surface area (Å²) in [7, 11) is 0. The number of alkyl halides is 2. The van der Waals surface area contributed by atoms with Crippen molar-refractivity contribution >= 4 is 0 Å². The third kappa shape index (κ3) is 1.78. The zero-order valence-corrected chi connectivity index (χ0v) is 9.44. The quantitative estimate of drug-likeness (QED) is 0.891. The van der Waals surface area contributed by atoms with Crippen LogP contribution in [-0.4, -0.2) is 10.1 Å². The molecular formula is C12H11F2N3O. The lowest BCUT2D eigenvalue weighted by Gasteiger charge is -2.04. The molecule has 3 rings (SSSR count). The van der Waals surface area contributed by atoms with E-state index in [9.17, 15) is 8.78 Å². The van der Waals surface area contributed by atoms with Gasteiger partial charge in [0.15, 0.2) is 0 Å². The Hall–Kier alpha value is -1.82. The molecule has 1 atom stereocenters. The summed E-state index contributed by atoms with van der Waals surface area (Å²) in [5, 5.41) is 3.24. The van der Waals surface area contributed by atoms with Crippen LogP contribution in [0.15, 0.2) is 22.7 Å². The van der Waals surface area contributed by atoms with Gasteiger partial charge >= 0.3 is 6.43 Å². The molecule has 0 unspecified atom stereocenters. The van der Waals surface area contributed by atoms with Gasteiger partial charge in [-0.1, -0.05) is 11.2 Å². The van der Waals surface area contributed by atoms with Gasteiger partial charge in [-0.2, -0.15) is 4.98 Å². The highest BCUT2D eigenvalue weighted by Crippen LogP contribution is 2.32. The fourth-order valence-corrected chi connectivity index (χ4v) is 2.22. The van der Waals surface area contributed by atoms with Gasteiger partial charge in [-0.25, -0.2) is 8.78 Å². The Morgan fingerprint density at radius 2 is 2.22 bits per heavy atom. The molecule has 1 aromatic heterocycles. The van der Waals surface area contributed by atoms with Crippen LogP contribution in [0.1, 0.15) is 35.8 Å². The summed E-state index contributed by atoms with van der Waals surface area (Å²) in [5.74, 6) is -0.462. The standard InChI is InChI=1S/C12H11F2N3O/c13-10(14)11-16-12(18-17-11)7-1-3-8-6(5-7)2-4-9(8)15/h1,3,5,9-10H,2,4,15H2/t9-/m1/s1. The van der Waals surface area contributed by atoms with Crippen molar-refractivity contribution < 1.29 is 13.3 Å². The van der Waals surface area contributed by atoms with Gasteiger partial charge in [0, 0.05) is 11.6 Å². The van der Waals surface area contributed by atoms with Crippen LogP contribution in [0.3, 0.4) is 0 Å². The fourth-order valence-electron chi connectivity index (χ4n) is 2.22. The van der Waals surface area contributed by atoms with E-state index in [-0.39, 0.29) is 11.9 Å². The van der Waals surface area contributed by atoms with Gasteiger partial charge in [0.2, 0.25) is 5.82 Å². The Morgan fingerprint density at radius 1 is 1.39 bits per heavy atom. The number of aromatic nitrogens is 2. The Labute approximate surface area is 102 Å². The first-order valence-electron chi connectivity index (χ1n) is 5.65. The van der Waals surface area contributed by atoms with Gasteiger partial charge in [-0.05, 0) is 36.1 Å². The highest BCUT2D eigenvalue weighted by atomic mass is 19.3. The van der Waals surface area contributed by atoms with Crippen molar-refractivity contribution in [1.82, 2.24) is 10.1 Å². The lowest BCUT2D eigenvalue weighted by atomic mass is 10.1. The molecule has 0 saturated heterocycles. The first-order valence-corrected chi connectivity index (χ1v) is 5.65. The van der Waals surface area contributed by atoms with Crippen molar-refractivity contribution in [2.75, 3.05) is 0 Å². The Morgan fingerprint density at radius 3 is 2.94 bits per heavy atom. The maximum atomic E-state index is 12.4. The molecule has 4 nitrogen and oxygen atoms in total. The molecule has 18 heavy (non-hydrogen) atoms. The number of hydrogen-bond donors (Lipinski definition) is 1. The smallest absolute Gasteiger partial charge is 0.300 e. The van der Waals surface area contributed by atoms with Crippen LogP contribution in [-0.2, 0) is 6.42 Å². The predicted molar refractivity (Wildman–Crippen MR) is 59.9 cm³/mol. The molecule has 6 heteroatoms. The first-order chi connectivity index (χ1) is 8.65. The van der Waals surface area contributed by atoms with Crippen molar-refractivity contribution in [2.24, 2.45) is 5.73 Å². The minimum Gasteiger partial charge on any atom is -0.334 e. The third-order valence-corrected chi connectivity index (χ3v) is 3.15. The second kappa shape index (κ2) is 4.13. The maximum Gasteiger partial charge on any atom is 0.300 e. The van der Waals surface area contributed by atoms with Crippen LogP contribution in [0.4, 0.5) is 8.78 Å². The zero-order chi connectivity index (χ0) is 12.7. The van der Waals surface area contributed by atoms with E-state index in [4.69, 9.17) is 10.3 Å². The Kier molecular flexibility index (Phi) is 2.59. The second-order valence-corrected chi connectivity index (χ2v) is 4.32. The van der Waals surface area contributed by atoms with Crippen LogP contribution in [0, 0.1) is 0 Å². The number of halogens is 2. The van der Waals surface area contributed by atoms with Crippen molar-refractivity contribution in [3.8, 4) is 11.5 Å². The maximum absolute atomic E-state index is 12.4. The molecule has 94 valence electrons. The summed E-state index contributed by atoms with van der Waals surface area (Å²) in [6.07, 6.45) is -0.921. The summed E-state index contributed by atoms with van der Waals surface area (Å²) in [6, 6.07) is 5.61. The molecule has 2 N–H and O–H groups in total. The van der Waals surface area contributed by atoms with Crippen LogP contribution in [0.25, 0.3) is 11.5 Å². The lowest BCUT2D eigenvalue weighted by molar-refractivity contribution is 0.136. The van der Waals surface area contributed by atoms with Crippen molar-refractivity contribution in [2.45, 2.75) is 25.3 Å². The number of nitrogens with zero attached hydrogens (tertiary/aromatic N) is 2. The number of nitrogens with two attached hydrogens (primary N) is 1. The largest absolute Gasteiger partial charge is 0.334 e. The molecule has 0 saturated carbocycles. The highest BCUT2D eigenvalue weighted by Gasteiger charge is 2.21. The van der Waals surface area contributed by atoms with E-state index < -0.39 is 12.2 Å². The van der Waals surface area contributed by atoms with E-state index in [1.165, 1.54) is 0 Å². The Balaban J connectivity index is 1.97. The molecule has 1 heterocycles. The molecule has 1 aromatic carbocycles. The first kappa shape index (κ1) is 11.3. The number of hydrogen-bond acceptors (Lipinski definition) is 4. The van der Waals surface area contributed by atoms with E-state index in [1.807, 2.05) is 12.1 Å². The number of fused-ring (bicyclic) bond motifs is 1. The number of rotatable bonds is 2. The minimum absolute atomic E-state index is 0.0633. The summed E-state index contributed by atoms with van der Waals surface area (Å²) in [6.45, 7) is 0. The molecule has 0 aliphatic heterocycles. The van der Waals surface area contributed by atoms with Crippen LogP contribution in [0.2, 0.25) is 0 Å². The van der Waals surface area contributed by atoms with Gasteiger partial charge in [0.05, 0.1) is 0 Å².